The van der Waals surface area contributed by atoms with Gasteiger partial charge in [0, 0.05) is 6.04 Å². The fourth-order valence-electron chi connectivity index (χ4n) is 3.09. The Hall–Kier alpha value is -0.0800. The molecule has 0 saturated heterocycles. The number of hydrogen-bond donors (Lipinski definition) is 1. The maximum absolute atomic E-state index is 3.49. The third kappa shape index (κ3) is 6.75. The molecule has 1 aliphatic rings. The second kappa shape index (κ2) is 10.8. The number of nitrogens with zero attached hydrogens (tertiary/aromatic N) is 1. The van der Waals surface area contributed by atoms with Gasteiger partial charge in [-0.1, -0.05) is 39.5 Å². The van der Waals surface area contributed by atoms with Crippen molar-refractivity contribution in [3.8, 4) is 0 Å². The van der Waals surface area contributed by atoms with Crippen LogP contribution in [0.5, 0.6) is 0 Å². The van der Waals surface area contributed by atoms with Crippen LogP contribution < -0.4 is 5.32 Å². The summed E-state index contributed by atoms with van der Waals surface area (Å²) in [6, 6.07) is 0.905. The minimum Gasteiger partial charge on any atom is -0.317 e. The molecule has 1 fully saturated rings. The van der Waals surface area contributed by atoms with Crippen LogP contribution in [0.15, 0.2) is 0 Å². The van der Waals surface area contributed by atoms with Gasteiger partial charge in [0.2, 0.25) is 0 Å². The van der Waals surface area contributed by atoms with Gasteiger partial charge in [0.05, 0.1) is 0 Å². The molecule has 0 amide bonds. The highest BCUT2D eigenvalue weighted by molar-refractivity contribution is 4.75. The Morgan fingerprint density at radius 1 is 0.944 bits per heavy atom. The monoisotopic (exact) mass is 254 g/mol. The van der Waals surface area contributed by atoms with E-state index in [1.54, 1.807) is 0 Å². The molecule has 0 unspecified atom stereocenters. The lowest BCUT2D eigenvalue weighted by Crippen LogP contribution is -2.37. The summed E-state index contributed by atoms with van der Waals surface area (Å²) in [5.41, 5.74) is 0. The van der Waals surface area contributed by atoms with Gasteiger partial charge in [-0.15, -0.1) is 0 Å². The first kappa shape index (κ1) is 16.0. The molecule has 2 heteroatoms. The van der Waals surface area contributed by atoms with E-state index in [-0.39, 0.29) is 0 Å². The Kier molecular flexibility index (Phi) is 9.59. The van der Waals surface area contributed by atoms with Crippen LogP contribution in [-0.4, -0.2) is 37.1 Å². The molecule has 1 N–H and O–H groups in total. The van der Waals surface area contributed by atoms with Gasteiger partial charge in [0.25, 0.3) is 0 Å². The molecule has 0 bridgehead atoms. The summed E-state index contributed by atoms with van der Waals surface area (Å²) in [6.45, 7) is 9.54. The fraction of sp³-hybridized carbons (Fsp3) is 1.00. The van der Waals surface area contributed by atoms with Crippen molar-refractivity contribution in [3.63, 3.8) is 0 Å². The van der Waals surface area contributed by atoms with Gasteiger partial charge in [-0.3, -0.25) is 0 Å². The van der Waals surface area contributed by atoms with Crippen molar-refractivity contribution in [1.29, 1.82) is 0 Å². The average molecular weight is 254 g/mol. The van der Waals surface area contributed by atoms with Crippen molar-refractivity contribution in [2.75, 3.05) is 26.2 Å². The van der Waals surface area contributed by atoms with Gasteiger partial charge in [-0.05, 0) is 58.3 Å². The molecule has 18 heavy (non-hydrogen) atoms. The van der Waals surface area contributed by atoms with Gasteiger partial charge >= 0.3 is 0 Å². The molecule has 0 aromatic carbocycles. The van der Waals surface area contributed by atoms with Crippen LogP contribution in [0.1, 0.15) is 71.6 Å². The SMILES string of the molecule is CCCNCCCCCN(CC)C1CCCCC1. The highest BCUT2D eigenvalue weighted by Crippen LogP contribution is 2.22. The molecular weight excluding hydrogens is 220 g/mol. The first-order valence-electron chi connectivity index (χ1n) is 8.33. The maximum Gasteiger partial charge on any atom is 0.00951 e. The van der Waals surface area contributed by atoms with E-state index in [1.807, 2.05) is 0 Å². The zero-order valence-electron chi connectivity index (χ0n) is 12.7. The number of unbranched alkanes of at least 4 members (excludes halogenated alkanes) is 2. The molecule has 1 rings (SSSR count). The van der Waals surface area contributed by atoms with Crippen LogP contribution >= 0.6 is 0 Å². The Balaban J connectivity index is 2.00. The summed E-state index contributed by atoms with van der Waals surface area (Å²) >= 11 is 0. The predicted molar refractivity (Wildman–Crippen MR) is 81.1 cm³/mol. The predicted octanol–water partition coefficient (Wildman–Crippen LogP) is 3.81. The molecule has 0 atom stereocenters. The van der Waals surface area contributed by atoms with Crippen LogP contribution in [0.3, 0.4) is 0 Å². The first-order chi connectivity index (χ1) is 8.88. The Morgan fingerprint density at radius 2 is 1.72 bits per heavy atom. The summed E-state index contributed by atoms with van der Waals surface area (Å²) in [5.74, 6) is 0. The van der Waals surface area contributed by atoms with E-state index in [9.17, 15) is 0 Å². The molecule has 108 valence electrons. The second-order valence-corrected chi connectivity index (χ2v) is 5.73. The molecule has 0 aromatic rings. The quantitative estimate of drug-likeness (QED) is 0.596. The van der Waals surface area contributed by atoms with Crippen molar-refractivity contribution in [3.05, 3.63) is 0 Å². The fourth-order valence-corrected chi connectivity index (χ4v) is 3.09. The van der Waals surface area contributed by atoms with Crippen molar-refractivity contribution < 1.29 is 0 Å². The number of nitrogens with one attached hydrogen (secondary N) is 1. The normalized spacial score (nSPS) is 17.5. The number of rotatable bonds is 10. The summed E-state index contributed by atoms with van der Waals surface area (Å²) in [4.78, 5) is 2.73. The van der Waals surface area contributed by atoms with Crippen LogP contribution in [0.4, 0.5) is 0 Å². The molecule has 1 saturated carbocycles. The molecule has 0 aliphatic heterocycles. The van der Waals surface area contributed by atoms with E-state index < -0.39 is 0 Å². The summed E-state index contributed by atoms with van der Waals surface area (Å²) in [7, 11) is 0. The number of hydrogen-bond acceptors (Lipinski definition) is 2. The highest BCUT2D eigenvalue weighted by atomic mass is 15.1. The van der Waals surface area contributed by atoms with Gasteiger partial charge in [-0.25, -0.2) is 0 Å². The van der Waals surface area contributed by atoms with Crippen LogP contribution in [0.25, 0.3) is 0 Å². The molecular formula is C16H34N2. The Morgan fingerprint density at radius 3 is 2.39 bits per heavy atom. The molecule has 0 radical (unpaired) electrons. The van der Waals surface area contributed by atoms with Crippen LogP contribution in [-0.2, 0) is 0 Å². The van der Waals surface area contributed by atoms with E-state index in [4.69, 9.17) is 0 Å². The molecule has 0 spiro atoms. The maximum atomic E-state index is 3.49. The van der Waals surface area contributed by atoms with Crippen molar-refractivity contribution in [1.82, 2.24) is 10.2 Å². The first-order valence-corrected chi connectivity index (χ1v) is 8.33. The molecule has 0 heterocycles. The van der Waals surface area contributed by atoms with E-state index in [2.05, 4.69) is 24.1 Å². The third-order valence-corrected chi connectivity index (χ3v) is 4.22. The zero-order valence-corrected chi connectivity index (χ0v) is 12.7. The molecule has 1 aliphatic carbocycles. The molecule has 0 aromatic heterocycles. The van der Waals surface area contributed by atoms with Gasteiger partial charge < -0.3 is 10.2 Å². The minimum absolute atomic E-state index is 0.905. The van der Waals surface area contributed by atoms with E-state index >= 15 is 0 Å². The third-order valence-electron chi connectivity index (χ3n) is 4.22. The minimum atomic E-state index is 0.905. The van der Waals surface area contributed by atoms with Gasteiger partial charge in [-0.2, -0.15) is 0 Å². The lowest BCUT2D eigenvalue weighted by atomic mass is 9.94. The van der Waals surface area contributed by atoms with Crippen LogP contribution in [0.2, 0.25) is 0 Å². The smallest absolute Gasteiger partial charge is 0.00951 e. The zero-order chi connectivity index (χ0) is 13.1. The van der Waals surface area contributed by atoms with E-state index in [0.29, 0.717) is 0 Å². The molecule has 2 nitrogen and oxygen atoms in total. The summed E-state index contributed by atoms with van der Waals surface area (Å²) in [5, 5.41) is 3.49. The lowest BCUT2D eigenvalue weighted by molar-refractivity contribution is 0.160. The van der Waals surface area contributed by atoms with Crippen molar-refractivity contribution in [2.24, 2.45) is 0 Å². The van der Waals surface area contributed by atoms with Crippen molar-refractivity contribution in [2.45, 2.75) is 77.7 Å². The average Bonchev–Trinajstić information content (AvgIpc) is 2.43. The summed E-state index contributed by atoms with van der Waals surface area (Å²) < 4.78 is 0. The summed E-state index contributed by atoms with van der Waals surface area (Å²) in [6.07, 6.45) is 12.7. The van der Waals surface area contributed by atoms with Crippen LogP contribution in [0, 0.1) is 0 Å². The van der Waals surface area contributed by atoms with E-state index in [0.717, 1.165) is 6.04 Å². The van der Waals surface area contributed by atoms with Gasteiger partial charge in [0.15, 0.2) is 0 Å². The largest absolute Gasteiger partial charge is 0.317 e. The van der Waals surface area contributed by atoms with Crippen molar-refractivity contribution >= 4 is 0 Å². The van der Waals surface area contributed by atoms with E-state index in [1.165, 1.54) is 84.0 Å². The second-order valence-electron chi connectivity index (χ2n) is 5.73. The van der Waals surface area contributed by atoms with Gasteiger partial charge in [0.1, 0.15) is 0 Å². The highest BCUT2D eigenvalue weighted by Gasteiger charge is 2.18. The lowest BCUT2D eigenvalue weighted by Gasteiger charge is -2.33. The standard InChI is InChI=1S/C16H34N2/c1-3-13-17-14-9-6-10-15-18(4-2)16-11-7-5-8-12-16/h16-17H,3-15H2,1-2H3. The Labute approximate surface area is 115 Å². The topological polar surface area (TPSA) is 15.3 Å². The Bertz CT molecular complexity index is 176.